The third-order valence-electron chi connectivity index (χ3n) is 6.46. The molecule has 2 unspecified atom stereocenters. The number of nitrogens with zero attached hydrogens (tertiary/aromatic N) is 1. The SMILES string of the molecule is CON1CCC2(CC1)C(O)=C(c1c(C)cc(C)cc1C)C(=O)[NH+]2OC1CCCO1. The van der Waals surface area contributed by atoms with Crippen LogP contribution in [0.25, 0.3) is 5.57 Å². The second kappa shape index (κ2) is 7.81. The molecule has 0 bridgehead atoms. The third-order valence-corrected chi connectivity index (χ3v) is 6.46. The van der Waals surface area contributed by atoms with Gasteiger partial charge in [0.1, 0.15) is 5.57 Å². The average molecular weight is 403 g/mol. The largest absolute Gasteiger partial charge is 0.505 e. The molecule has 7 heteroatoms. The predicted octanol–water partition coefficient (Wildman–Crippen LogP) is 1.77. The molecule has 2 saturated heterocycles. The molecule has 3 aliphatic heterocycles. The van der Waals surface area contributed by atoms with Crippen LogP contribution in [0.2, 0.25) is 0 Å². The van der Waals surface area contributed by atoms with Crippen molar-refractivity contribution in [1.82, 2.24) is 5.06 Å². The summed E-state index contributed by atoms with van der Waals surface area (Å²) in [4.78, 5) is 25.2. The molecule has 158 valence electrons. The number of aliphatic hydroxyl groups is 1. The van der Waals surface area contributed by atoms with Crippen LogP contribution in [0.5, 0.6) is 0 Å². The lowest BCUT2D eigenvalue weighted by Gasteiger charge is -2.38. The van der Waals surface area contributed by atoms with Crippen LogP contribution in [0.3, 0.4) is 0 Å². The van der Waals surface area contributed by atoms with E-state index in [9.17, 15) is 9.90 Å². The lowest BCUT2D eigenvalue weighted by atomic mass is 9.85. The molecule has 1 amide bonds. The van der Waals surface area contributed by atoms with E-state index in [-0.39, 0.29) is 11.7 Å². The second-order valence-electron chi connectivity index (χ2n) is 8.41. The first-order valence-corrected chi connectivity index (χ1v) is 10.4. The van der Waals surface area contributed by atoms with Gasteiger partial charge in [-0.15, -0.1) is 5.06 Å². The number of piperidine rings is 1. The van der Waals surface area contributed by atoms with Crippen LogP contribution in [-0.4, -0.2) is 54.7 Å². The van der Waals surface area contributed by atoms with Crippen molar-refractivity contribution in [3.05, 3.63) is 40.1 Å². The molecular formula is C22H31N2O5+. The Morgan fingerprint density at radius 2 is 1.86 bits per heavy atom. The van der Waals surface area contributed by atoms with Crippen molar-refractivity contribution in [2.24, 2.45) is 0 Å². The fraction of sp³-hybridized carbons (Fsp3) is 0.591. The van der Waals surface area contributed by atoms with Gasteiger partial charge in [-0.1, -0.05) is 17.7 Å². The van der Waals surface area contributed by atoms with E-state index in [0.717, 1.165) is 35.1 Å². The van der Waals surface area contributed by atoms with Gasteiger partial charge in [0.2, 0.25) is 6.29 Å². The standard InChI is InChI=1S/C22H30N2O5/c1-14-12-15(2)18(16(3)13-14)19-20(25)22(7-9-23(27-4)10-8-22)24(21(19)26)29-17-6-5-11-28-17/h12-13,17,25H,5-11H2,1-4H3/p+1. The Kier molecular flexibility index (Phi) is 5.52. The summed E-state index contributed by atoms with van der Waals surface area (Å²) < 4.78 is 5.65. The third kappa shape index (κ3) is 3.41. The number of rotatable bonds is 4. The van der Waals surface area contributed by atoms with Crippen LogP contribution >= 0.6 is 0 Å². The van der Waals surface area contributed by atoms with Gasteiger partial charge in [0.25, 0.3) is 0 Å². The van der Waals surface area contributed by atoms with E-state index in [1.807, 2.05) is 25.8 Å². The first kappa shape index (κ1) is 20.5. The van der Waals surface area contributed by atoms with Crippen LogP contribution in [0, 0.1) is 20.8 Å². The first-order valence-electron chi connectivity index (χ1n) is 10.4. The molecule has 7 nitrogen and oxygen atoms in total. The predicted molar refractivity (Wildman–Crippen MR) is 107 cm³/mol. The molecule has 1 aromatic rings. The normalized spacial score (nSPS) is 27.4. The molecule has 29 heavy (non-hydrogen) atoms. The van der Waals surface area contributed by atoms with Crippen molar-refractivity contribution in [2.75, 3.05) is 26.8 Å². The van der Waals surface area contributed by atoms with E-state index >= 15 is 0 Å². The highest BCUT2D eigenvalue weighted by molar-refractivity contribution is 6.18. The topological polar surface area (TPSA) is 72.7 Å². The number of nitrogens with one attached hydrogen (secondary N) is 1. The van der Waals surface area contributed by atoms with Crippen LogP contribution in [0.15, 0.2) is 17.9 Å². The van der Waals surface area contributed by atoms with Gasteiger partial charge in [0, 0.05) is 37.9 Å². The van der Waals surface area contributed by atoms with Crippen LogP contribution in [0.4, 0.5) is 0 Å². The highest BCUT2D eigenvalue weighted by Gasteiger charge is 2.61. The Bertz CT molecular complexity index is 813. The monoisotopic (exact) mass is 403 g/mol. The fourth-order valence-corrected chi connectivity index (χ4v) is 5.04. The molecule has 3 heterocycles. The van der Waals surface area contributed by atoms with Crippen LogP contribution < -0.4 is 5.06 Å². The van der Waals surface area contributed by atoms with Gasteiger partial charge in [-0.05, 0) is 38.3 Å². The van der Waals surface area contributed by atoms with Gasteiger partial charge in [-0.3, -0.25) is 0 Å². The number of aliphatic hydroxyl groups excluding tert-OH is 1. The van der Waals surface area contributed by atoms with Gasteiger partial charge in [-0.25, -0.2) is 4.79 Å². The minimum atomic E-state index is -0.808. The number of aryl methyl sites for hydroxylation is 3. The first-order chi connectivity index (χ1) is 13.9. The zero-order valence-electron chi connectivity index (χ0n) is 17.7. The number of benzene rings is 1. The molecule has 2 N–H and O–H groups in total. The number of hydroxylamine groups is 4. The number of carbonyl (C=O) groups is 1. The molecule has 2 fully saturated rings. The number of carbonyl (C=O) groups excluding carboxylic acids is 1. The highest BCUT2D eigenvalue weighted by Crippen LogP contribution is 2.38. The zero-order chi connectivity index (χ0) is 20.8. The number of ether oxygens (including phenoxy) is 1. The van der Waals surface area contributed by atoms with Crippen molar-refractivity contribution in [3.63, 3.8) is 0 Å². The molecule has 2 atom stereocenters. The molecule has 1 spiro atoms. The second-order valence-corrected chi connectivity index (χ2v) is 8.41. The summed E-state index contributed by atoms with van der Waals surface area (Å²) in [6, 6.07) is 4.10. The molecule has 0 saturated carbocycles. The number of amides is 1. The lowest BCUT2D eigenvalue weighted by Crippen LogP contribution is -3.21. The number of hydrogen-bond donors (Lipinski definition) is 2. The smallest absolute Gasteiger partial charge is 0.381 e. The Hall–Kier alpha value is -1.77. The van der Waals surface area contributed by atoms with Crippen molar-refractivity contribution >= 4 is 11.5 Å². The summed E-state index contributed by atoms with van der Waals surface area (Å²) in [6.45, 7) is 7.88. The molecule has 3 aliphatic rings. The lowest BCUT2D eigenvalue weighted by molar-refractivity contribution is -1.07. The summed E-state index contributed by atoms with van der Waals surface area (Å²) in [7, 11) is 1.64. The quantitative estimate of drug-likeness (QED) is 0.798. The minimum absolute atomic E-state index is 0.140. The van der Waals surface area contributed by atoms with Crippen molar-refractivity contribution in [1.29, 1.82) is 0 Å². The van der Waals surface area contributed by atoms with Gasteiger partial charge in [0.15, 0.2) is 11.3 Å². The summed E-state index contributed by atoms with van der Waals surface area (Å²) in [5.74, 6) is -0.0692. The minimum Gasteiger partial charge on any atom is -0.505 e. The van der Waals surface area contributed by atoms with Gasteiger partial charge in [-0.2, -0.15) is 9.90 Å². The maximum absolute atomic E-state index is 13.6. The van der Waals surface area contributed by atoms with E-state index in [1.54, 1.807) is 7.11 Å². The number of hydrogen-bond acceptors (Lipinski definition) is 6. The van der Waals surface area contributed by atoms with Gasteiger partial charge >= 0.3 is 5.91 Å². The maximum atomic E-state index is 13.6. The molecule has 4 rings (SSSR count). The molecule has 0 aromatic heterocycles. The van der Waals surface area contributed by atoms with Crippen molar-refractivity contribution < 1.29 is 29.4 Å². The molecule has 0 aliphatic carbocycles. The van der Waals surface area contributed by atoms with Gasteiger partial charge in [0.05, 0.1) is 13.7 Å². The Labute approximate surface area is 171 Å². The highest BCUT2D eigenvalue weighted by atomic mass is 16.8. The van der Waals surface area contributed by atoms with Gasteiger partial charge < -0.3 is 14.7 Å². The Morgan fingerprint density at radius 3 is 2.41 bits per heavy atom. The van der Waals surface area contributed by atoms with Crippen molar-refractivity contribution in [3.8, 4) is 0 Å². The Morgan fingerprint density at radius 1 is 1.21 bits per heavy atom. The fourth-order valence-electron chi connectivity index (χ4n) is 5.04. The summed E-state index contributed by atoms with van der Waals surface area (Å²) in [5.41, 5.74) is 3.51. The molecular weight excluding hydrogens is 372 g/mol. The van der Waals surface area contributed by atoms with Crippen molar-refractivity contribution in [2.45, 2.75) is 58.3 Å². The Balaban J connectivity index is 1.78. The van der Waals surface area contributed by atoms with Crippen LogP contribution in [-0.2, 0) is 19.2 Å². The van der Waals surface area contributed by atoms with E-state index in [1.165, 1.54) is 0 Å². The number of quaternary nitrogens is 1. The molecule has 0 radical (unpaired) electrons. The van der Waals surface area contributed by atoms with E-state index in [0.29, 0.717) is 43.2 Å². The summed E-state index contributed by atoms with van der Waals surface area (Å²) >= 11 is 0. The summed E-state index contributed by atoms with van der Waals surface area (Å²) in [6.07, 6.45) is 2.38. The van der Waals surface area contributed by atoms with E-state index in [4.69, 9.17) is 14.4 Å². The maximum Gasteiger partial charge on any atom is 0.381 e. The molecule has 1 aromatic carbocycles. The zero-order valence-corrected chi connectivity index (χ0v) is 17.7. The van der Waals surface area contributed by atoms with E-state index in [2.05, 4.69) is 12.1 Å². The van der Waals surface area contributed by atoms with Crippen LogP contribution in [0.1, 0.15) is 47.9 Å². The van der Waals surface area contributed by atoms with E-state index < -0.39 is 11.8 Å². The average Bonchev–Trinajstić information content (AvgIpc) is 3.26. The summed E-state index contributed by atoms with van der Waals surface area (Å²) in [5, 5.41) is 13.7.